The second-order valence-corrected chi connectivity index (χ2v) is 10.6. The Labute approximate surface area is 126 Å². The van der Waals surface area contributed by atoms with Crippen LogP contribution in [0.5, 0.6) is 0 Å². The minimum Gasteiger partial charge on any atom is -0.461 e. The Hall–Kier alpha value is 0.170. The van der Waals surface area contributed by atoms with E-state index in [4.69, 9.17) is 4.74 Å². The van der Waals surface area contributed by atoms with E-state index in [-0.39, 0.29) is 16.8 Å². The largest absolute Gasteiger partial charge is 0.461 e. The molecule has 19 heavy (non-hydrogen) atoms. The molecule has 1 aliphatic carbocycles. The lowest BCUT2D eigenvalue weighted by atomic mass is 9.95. The summed E-state index contributed by atoms with van der Waals surface area (Å²) >= 11 is 0. The maximum absolute atomic E-state index is 12.0. The standard InChI is InChI=1S/C15H28O2S2/c1-14(2,3)13(16)17-11-9-7-8-10-12(11)18-19-15(4,5)6/h11-12H,7-10H2,1-6H3/t11-,12-/m0/s1. The number of ether oxygens (including phenoxy) is 1. The van der Waals surface area contributed by atoms with Crippen LogP contribution in [0.15, 0.2) is 0 Å². The van der Waals surface area contributed by atoms with Gasteiger partial charge in [-0.3, -0.25) is 4.79 Å². The van der Waals surface area contributed by atoms with Gasteiger partial charge in [0.2, 0.25) is 0 Å². The lowest BCUT2D eigenvalue weighted by Crippen LogP contribution is -2.36. The number of rotatable bonds is 3. The molecule has 1 fully saturated rings. The van der Waals surface area contributed by atoms with E-state index < -0.39 is 5.41 Å². The molecule has 0 amide bonds. The van der Waals surface area contributed by atoms with E-state index in [1.165, 1.54) is 12.8 Å². The van der Waals surface area contributed by atoms with Gasteiger partial charge < -0.3 is 4.74 Å². The second-order valence-electron chi connectivity index (χ2n) is 7.31. The molecule has 0 saturated heterocycles. The van der Waals surface area contributed by atoms with E-state index >= 15 is 0 Å². The van der Waals surface area contributed by atoms with Crippen molar-refractivity contribution < 1.29 is 9.53 Å². The molecule has 0 aromatic rings. The first-order valence-corrected chi connectivity index (χ1v) is 9.36. The van der Waals surface area contributed by atoms with E-state index in [0.29, 0.717) is 5.25 Å². The van der Waals surface area contributed by atoms with Crippen LogP contribution in [-0.4, -0.2) is 22.1 Å². The minimum atomic E-state index is -0.399. The van der Waals surface area contributed by atoms with Crippen LogP contribution in [0.2, 0.25) is 0 Å². The van der Waals surface area contributed by atoms with Crippen LogP contribution in [0, 0.1) is 5.41 Å². The van der Waals surface area contributed by atoms with Crippen LogP contribution in [0.25, 0.3) is 0 Å². The third kappa shape index (κ3) is 6.44. The lowest BCUT2D eigenvalue weighted by Gasteiger charge is -2.33. The van der Waals surface area contributed by atoms with Crippen molar-refractivity contribution in [3.05, 3.63) is 0 Å². The normalized spacial score (nSPS) is 25.2. The Morgan fingerprint density at radius 2 is 1.63 bits per heavy atom. The van der Waals surface area contributed by atoms with E-state index in [1.807, 2.05) is 42.4 Å². The quantitative estimate of drug-likeness (QED) is 0.537. The van der Waals surface area contributed by atoms with Gasteiger partial charge >= 0.3 is 5.97 Å². The first kappa shape index (κ1) is 17.2. The molecule has 1 rings (SSSR count). The highest BCUT2D eigenvalue weighted by atomic mass is 33.1. The first-order valence-electron chi connectivity index (χ1n) is 7.15. The Kier molecular flexibility index (Phi) is 6.12. The molecule has 1 aliphatic rings. The summed E-state index contributed by atoms with van der Waals surface area (Å²) < 4.78 is 6.01. The van der Waals surface area contributed by atoms with E-state index in [1.54, 1.807) is 0 Å². The van der Waals surface area contributed by atoms with Crippen LogP contribution >= 0.6 is 21.6 Å². The smallest absolute Gasteiger partial charge is 0.311 e. The van der Waals surface area contributed by atoms with Gasteiger partial charge in [0.15, 0.2) is 0 Å². The number of hydrogen-bond donors (Lipinski definition) is 0. The summed E-state index contributed by atoms with van der Waals surface area (Å²) in [6.07, 6.45) is 4.71. The van der Waals surface area contributed by atoms with Crippen molar-refractivity contribution in [1.82, 2.24) is 0 Å². The molecule has 0 radical (unpaired) electrons. The molecule has 112 valence electrons. The van der Waals surface area contributed by atoms with Crippen LogP contribution in [0.4, 0.5) is 0 Å². The zero-order valence-electron chi connectivity index (χ0n) is 13.1. The molecule has 0 N–H and O–H groups in total. The molecule has 4 heteroatoms. The lowest BCUT2D eigenvalue weighted by molar-refractivity contribution is -0.159. The molecule has 2 atom stereocenters. The summed E-state index contributed by atoms with van der Waals surface area (Å²) in [5.41, 5.74) is -0.399. The third-order valence-electron chi connectivity index (χ3n) is 2.93. The summed E-state index contributed by atoms with van der Waals surface area (Å²) in [5, 5.41) is 0.448. The summed E-state index contributed by atoms with van der Waals surface area (Å²) in [6, 6.07) is 0. The molecular formula is C15H28O2S2. The average Bonchev–Trinajstić information content (AvgIpc) is 2.25. The third-order valence-corrected chi connectivity index (χ3v) is 6.85. The van der Waals surface area contributed by atoms with Gasteiger partial charge in [-0.25, -0.2) is 0 Å². The molecule has 0 heterocycles. The summed E-state index contributed by atoms with van der Waals surface area (Å²) in [5.74, 6) is -0.0641. The van der Waals surface area contributed by atoms with Gasteiger partial charge in [0.05, 0.1) is 10.7 Å². The number of carbonyl (C=O) groups is 1. The topological polar surface area (TPSA) is 26.3 Å². The highest BCUT2D eigenvalue weighted by Crippen LogP contribution is 2.43. The molecule has 0 unspecified atom stereocenters. The maximum atomic E-state index is 12.0. The number of carbonyl (C=O) groups excluding carboxylic acids is 1. The summed E-state index contributed by atoms with van der Waals surface area (Å²) in [4.78, 5) is 12.0. The maximum Gasteiger partial charge on any atom is 0.311 e. The summed E-state index contributed by atoms with van der Waals surface area (Å²) in [6.45, 7) is 12.4. The van der Waals surface area contributed by atoms with Crippen LogP contribution in [-0.2, 0) is 9.53 Å². The van der Waals surface area contributed by atoms with Gasteiger partial charge in [0.1, 0.15) is 6.10 Å². The van der Waals surface area contributed by atoms with Crippen LogP contribution in [0.1, 0.15) is 67.2 Å². The fourth-order valence-corrected chi connectivity index (χ4v) is 4.72. The number of hydrogen-bond acceptors (Lipinski definition) is 4. The zero-order chi connectivity index (χ0) is 14.7. The Bertz CT molecular complexity index is 302. The average molecular weight is 305 g/mol. The van der Waals surface area contributed by atoms with Crippen molar-refractivity contribution >= 4 is 27.6 Å². The second kappa shape index (κ2) is 6.75. The van der Waals surface area contributed by atoms with E-state index in [2.05, 4.69) is 20.8 Å². The van der Waals surface area contributed by atoms with Crippen molar-refractivity contribution in [3.8, 4) is 0 Å². The first-order chi connectivity index (χ1) is 8.59. The molecule has 0 aliphatic heterocycles. The highest BCUT2D eigenvalue weighted by Gasteiger charge is 2.33. The van der Waals surface area contributed by atoms with Crippen LogP contribution < -0.4 is 0 Å². The predicted molar refractivity (Wildman–Crippen MR) is 86.5 cm³/mol. The van der Waals surface area contributed by atoms with Crippen molar-refractivity contribution in [1.29, 1.82) is 0 Å². The van der Waals surface area contributed by atoms with Gasteiger partial charge in [-0.1, -0.05) is 48.8 Å². The highest BCUT2D eigenvalue weighted by molar-refractivity contribution is 8.77. The van der Waals surface area contributed by atoms with Crippen molar-refractivity contribution in [2.45, 2.75) is 83.3 Å². The fourth-order valence-electron chi connectivity index (χ4n) is 1.83. The molecule has 1 saturated carbocycles. The molecule has 0 spiro atoms. The fraction of sp³-hybridized carbons (Fsp3) is 0.933. The molecule has 0 bridgehead atoms. The van der Waals surface area contributed by atoms with Crippen molar-refractivity contribution in [2.24, 2.45) is 5.41 Å². The minimum absolute atomic E-state index is 0.0641. The number of esters is 1. The van der Waals surface area contributed by atoms with Gasteiger partial charge in [0, 0.05) is 4.75 Å². The Morgan fingerprint density at radius 3 is 2.16 bits per heavy atom. The molecular weight excluding hydrogens is 276 g/mol. The van der Waals surface area contributed by atoms with Crippen molar-refractivity contribution in [2.75, 3.05) is 0 Å². The van der Waals surface area contributed by atoms with Gasteiger partial charge in [-0.05, 0) is 40.0 Å². The van der Waals surface area contributed by atoms with E-state index in [9.17, 15) is 4.79 Å². The molecule has 0 aromatic heterocycles. The predicted octanol–water partition coefficient (Wildman–Crippen LogP) is 5.07. The Balaban J connectivity index is 2.55. The molecule has 2 nitrogen and oxygen atoms in total. The van der Waals surface area contributed by atoms with Gasteiger partial charge in [-0.15, -0.1) is 0 Å². The Morgan fingerprint density at radius 1 is 1.05 bits per heavy atom. The SMILES string of the molecule is CC(C)(C)SS[C@H]1CCCC[C@@H]1OC(=O)C(C)(C)C. The van der Waals surface area contributed by atoms with Crippen molar-refractivity contribution in [3.63, 3.8) is 0 Å². The summed E-state index contributed by atoms with van der Waals surface area (Å²) in [7, 11) is 3.81. The van der Waals surface area contributed by atoms with Crippen LogP contribution in [0.3, 0.4) is 0 Å². The monoisotopic (exact) mass is 304 g/mol. The van der Waals surface area contributed by atoms with Gasteiger partial charge in [0.25, 0.3) is 0 Å². The molecule has 0 aromatic carbocycles. The van der Waals surface area contributed by atoms with E-state index in [0.717, 1.165) is 12.8 Å². The zero-order valence-corrected chi connectivity index (χ0v) is 14.7. The van der Waals surface area contributed by atoms with Gasteiger partial charge in [-0.2, -0.15) is 0 Å².